The maximum atomic E-state index is 9.38. The minimum Gasteiger partial charge on any atom is -0.391 e. The highest BCUT2D eigenvalue weighted by Crippen LogP contribution is 2.01. The second-order valence-electron chi connectivity index (χ2n) is 3.31. The molecule has 0 bridgehead atoms. The molecular weight excluding hydrogens is 194 g/mol. The Labute approximate surface area is 89.5 Å². The largest absolute Gasteiger partial charge is 0.391 e. The van der Waals surface area contributed by atoms with Crippen molar-refractivity contribution in [2.45, 2.75) is 19.4 Å². The zero-order valence-corrected chi connectivity index (χ0v) is 9.10. The number of hydrogen-bond acceptors (Lipinski definition) is 5. The van der Waals surface area contributed by atoms with Crippen LogP contribution >= 0.6 is 0 Å². The number of aryl methyl sites for hydroxylation is 1. The quantitative estimate of drug-likeness (QED) is 0.721. The number of nitrogens with one attached hydrogen (secondary N) is 1. The molecule has 0 aliphatic carbocycles. The first-order valence-corrected chi connectivity index (χ1v) is 4.93. The highest BCUT2D eigenvalue weighted by Gasteiger charge is 2.02. The molecule has 1 atom stereocenters. The van der Waals surface area contributed by atoms with E-state index in [1.54, 1.807) is 19.4 Å². The SMILES string of the molecule is COCC(O)CCNc1ccnc(C)n1. The summed E-state index contributed by atoms with van der Waals surface area (Å²) < 4.78 is 4.82. The predicted molar refractivity (Wildman–Crippen MR) is 57.8 cm³/mol. The summed E-state index contributed by atoms with van der Waals surface area (Å²) in [6.45, 7) is 2.87. The second kappa shape index (κ2) is 6.31. The molecule has 5 heteroatoms. The number of hydrogen-bond donors (Lipinski definition) is 2. The van der Waals surface area contributed by atoms with Gasteiger partial charge in [0, 0.05) is 19.9 Å². The monoisotopic (exact) mass is 211 g/mol. The number of aliphatic hydroxyl groups is 1. The standard InChI is InChI=1S/C10H17N3O2/c1-8-11-6-4-10(13-8)12-5-3-9(14)7-15-2/h4,6,9,14H,3,5,7H2,1-2H3,(H,11,12,13). The number of aromatic nitrogens is 2. The molecule has 0 fully saturated rings. The summed E-state index contributed by atoms with van der Waals surface area (Å²) in [6.07, 6.45) is 1.91. The smallest absolute Gasteiger partial charge is 0.129 e. The van der Waals surface area contributed by atoms with Gasteiger partial charge in [-0.3, -0.25) is 0 Å². The molecule has 5 nitrogen and oxygen atoms in total. The van der Waals surface area contributed by atoms with Crippen molar-refractivity contribution in [2.75, 3.05) is 25.6 Å². The molecule has 0 aliphatic heterocycles. The molecule has 0 saturated carbocycles. The van der Waals surface area contributed by atoms with Crippen LogP contribution in [0.4, 0.5) is 5.82 Å². The Morgan fingerprint density at radius 2 is 2.40 bits per heavy atom. The van der Waals surface area contributed by atoms with E-state index in [-0.39, 0.29) is 0 Å². The molecule has 1 unspecified atom stereocenters. The van der Waals surface area contributed by atoms with E-state index < -0.39 is 6.10 Å². The molecule has 0 amide bonds. The molecule has 84 valence electrons. The first kappa shape index (κ1) is 11.9. The van der Waals surface area contributed by atoms with Gasteiger partial charge in [-0.1, -0.05) is 0 Å². The Balaban J connectivity index is 2.25. The molecule has 1 aromatic heterocycles. The van der Waals surface area contributed by atoms with Gasteiger partial charge in [0.2, 0.25) is 0 Å². The van der Waals surface area contributed by atoms with E-state index in [0.717, 1.165) is 11.6 Å². The Bertz CT molecular complexity index is 294. The molecule has 0 saturated heterocycles. The van der Waals surface area contributed by atoms with Crippen LogP contribution in [0.25, 0.3) is 0 Å². The average Bonchev–Trinajstić information content (AvgIpc) is 2.18. The lowest BCUT2D eigenvalue weighted by Crippen LogP contribution is -2.18. The lowest BCUT2D eigenvalue weighted by molar-refractivity contribution is 0.0615. The van der Waals surface area contributed by atoms with Gasteiger partial charge in [0.25, 0.3) is 0 Å². The average molecular weight is 211 g/mol. The van der Waals surface area contributed by atoms with E-state index in [9.17, 15) is 5.11 Å². The molecule has 1 heterocycles. The lowest BCUT2D eigenvalue weighted by Gasteiger charge is -2.10. The van der Waals surface area contributed by atoms with Crippen LogP contribution < -0.4 is 5.32 Å². The van der Waals surface area contributed by atoms with Crippen molar-refractivity contribution in [3.63, 3.8) is 0 Å². The van der Waals surface area contributed by atoms with Crippen LogP contribution in [-0.4, -0.2) is 41.4 Å². The molecule has 1 rings (SSSR count). The van der Waals surface area contributed by atoms with Crippen molar-refractivity contribution < 1.29 is 9.84 Å². The summed E-state index contributed by atoms with van der Waals surface area (Å²) in [6, 6.07) is 1.80. The van der Waals surface area contributed by atoms with E-state index in [1.165, 1.54) is 0 Å². The number of nitrogens with zero attached hydrogens (tertiary/aromatic N) is 2. The van der Waals surface area contributed by atoms with Crippen LogP contribution in [0, 0.1) is 6.92 Å². The van der Waals surface area contributed by atoms with Gasteiger partial charge in [0.05, 0.1) is 12.7 Å². The third-order valence-electron chi connectivity index (χ3n) is 1.92. The summed E-state index contributed by atoms with van der Waals surface area (Å²) in [4.78, 5) is 8.17. The molecule has 0 spiro atoms. The highest BCUT2D eigenvalue weighted by atomic mass is 16.5. The minimum absolute atomic E-state index is 0.366. The number of anilines is 1. The Morgan fingerprint density at radius 3 is 3.07 bits per heavy atom. The zero-order valence-electron chi connectivity index (χ0n) is 9.10. The molecule has 1 aromatic rings. The van der Waals surface area contributed by atoms with Gasteiger partial charge in [-0.05, 0) is 19.4 Å². The van der Waals surface area contributed by atoms with Crippen molar-refractivity contribution in [2.24, 2.45) is 0 Å². The lowest BCUT2D eigenvalue weighted by atomic mass is 10.2. The predicted octanol–water partition coefficient (Wildman–Crippen LogP) is 0.594. The Kier molecular flexibility index (Phi) is 5.00. The van der Waals surface area contributed by atoms with Crippen LogP contribution in [-0.2, 0) is 4.74 Å². The van der Waals surface area contributed by atoms with Crippen LogP contribution in [0.1, 0.15) is 12.2 Å². The van der Waals surface area contributed by atoms with Crippen molar-refractivity contribution in [1.82, 2.24) is 9.97 Å². The normalized spacial score (nSPS) is 12.5. The maximum Gasteiger partial charge on any atom is 0.129 e. The van der Waals surface area contributed by atoms with Gasteiger partial charge in [-0.25, -0.2) is 9.97 Å². The van der Waals surface area contributed by atoms with E-state index in [2.05, 4.69) is 15.3 Å². The van der Waals surface area contributed by atoms with Crippen LogP contribution in [0.15, 0.2) is 12.3 Å². The third kappa shape index (κ3) is 4.71. The van der Waals surface area contributed by atoms with Crippen molar-refractivity contribution in [3.05, 3.63) is 18.1 Å². The second-order valence-corrected chi connectivity index (χ2v) is 3.31. The third-order valence-corrected chi connectivity index (χ3v) is 1.92. The fourth-order valence-electron chi connectivity index (χ4n) is 1.20. The summed E-state index contributed by atoms with van der Waals surface area (Å²) in [5.74, 6) is 1.52. The zero-order chi connectivity index (χ0) is 11.1. The number of methoxy groups -OCH3 is 1. The fourth-order valence-corrected chi connectivity index (χ4v) is 1.20. The molecular formula is C10H17N3O2. The maximum absolute atomic E-state index is 9.38. The van der Waals surface area contributed by atoms with Crippen molar-refractivity contribution in [3.8, 4) is 0 Å². The van der Waals surface area contributed by atoms with Crippen molar-refractivity contribution >= 4 is 5.82 Å². The van der Waals surface area contributed by atoms with Gasteiger partial charge in [-0.2, -0.15) is 0 Å². The summed E-state index contributed by atoms with van der Waals surface area (Å²) in [7, 11) is 1.57. The first-order valence-electron chi connectivity index (χ1n) is 4.93. The molecule has 0 aromatic carbocycles. The molecule has 0 aliphatic rings. The fraction of sp³-hybridized carbons (Fsp3) is 0.600. The van der Waals surface area contributed by atoms with E-state index in [1.807, 2.05) is 6.92 Å². The van der Waals surface area contributed by atoms with Gasteiger partial charge in [-0.15, -0.1) is 0 Å². The van der Waals surface area contributed by atoms with Crippen LogP contribution in [0.5, 0.6) is 0 Å². The van der Waals surface area contributed by atoms with E-state index in [0.29, 0.717) is 19.6 Å². The topological polar surface area (TPSA) is 67.3 Å². The number of rotatable bonds is 6. The van der Waals surface area contributed by atoms with Gasteiger partial charge < -0.3 is 15.2 Å². The number of ether oxygens (including phenoxy) is 1. The van der Waals surface area contributed by atoms with Crippen molar-refractivity contribution in [1.29, 1.82) is 0 Å². The highest BCUT2D eigenvalue weighted by molar-refractivity contribution is 5.32. The Hall–Kier alpha value is -1.20. The molecule has 15 heavy (non-hydrogen) atoms. The number of aliphatic hydroxyl groups excluding tert-OH is 1. The molecule has 0 radical (unpaired) electrons. The van der Waals surface area contributed by atoms with E-state index >= 15 is 0 Å². The minimum atomic E-state index is -0.426. The Morgan fingerprint density at radius 1 is 1.60 bits per heavy atom. The first-order chi connectivity index (χ1) is 7.22. The summed E-state index contributed by atoms with van der Waals surface area (Å²) >= 11 is 0. The summed E-state index contributed by atoms with van der Waals surface area (Å²) in [5, 5.41) is 12.5. The van der Waals surface area contributed by atoms with E-state index in [4.69, 9.17) is 4.74 Å². The van der Waals surface area contributed by atoms with Crippen LogP contribution in [0.3, 0.4) is 0 Å². The van der Waals surface area contributed by atoms with Gasteiger partial charge >= 0.3 is 0 Å². The van der Waals surface area contributed by atoms with Crippen LogP contribution in [0.2, 0.25) is 0 Å². The van der Waals surface area contributed by atoms with Gasteiger partial charge in [0.15, 0.2) is 0 Å². The molecule has 2 N–H and O–H groups in total. The summed E-state index contributed by atoms with van der Waals surface area (Å²) in [5.41, 5.74) is 0. The van der Waals surface area contributed by atoms with Gasteiger partial charge in [0.1, 0.15) is 11.6 Å².